The molecule has 0 bridgehead atoms. The fourth-order valence-electron chi connectivity index (χ4n) is 9.32. The Labute approximate surface area is 312 Å². The second kappa shape index (κ2) is 11.7. The van der Waals surface area contributed by atoms with Gasteiger partial charge < -0.3 is 4.90 Å². The minimum atomic E-state index is -0.0951. The maximum absolute atomic E-state index is 2.43. The third kappa shape index (κ3) is 4.77. The Bertz CT molecular complexity index is 2710. The van der Waals surface area contributed by atoms with Crippen molar-refractivity contribution in [3.63, 3.8) is 0 Å². The lowest BCUT2D eigenvalue weighted by molar-refractivity contribution is 0.660. The topological polar surface area (TPSA) is 3.24 Å². The van der Waals surface area contributed by atoms with Gasteiger partial charge in [0.05, 0.1) is 0 Å². The van der Waals surface area contributed by atoms with E-state index in [2.05, 4.69) is 209 Å². The Kier molecular flexibility index (Phi) is 6.94. The molecule has 0 heterocycles. The highest BCUT2D eigenvalue weighted by Gasteiger charge is 2.38. The molecule has 8 aromatic carbocycles. The highest BCUT2D eigenvalue weighted by Crippen LogP contribution is 2.55. The van der Waals surface area contributed by atoms with Crippen molar-refractivity contribution in [2.45, 2.75) is 38.5 Å². The van der Waals surface area contributed by atoms with E-state index in [0.717, 1.165) is 17.1 Å². The minimum absolute atomic E-state index is 0.0772. The van der Waals surface area contributed by atoms with Crippen LogP contribution in [0.1, 0.15) is 49.9 Å². The van der Waals surface area contributed by atoms with Gasteiger partial charge in [-0.15, -0.1) is 0 Å². The van der Waals surface area contributed by atoms with Crippen LogP contribution in [0.3, 0.4) is 0 Å². The van der Waals surface area contributed by atoms with E-state index in [4.69, 9.17) is 0 Å². The van der Waals surface area contributed by atoms with Crippen molar-refractivity contribution < 1.29 is 0 Å². The van der Waals surface area contributed by atoms with E-state index < -0.39 is 0 Å². The Morgan fingerprint density at radius 2 is 0.925 bits per heavy atom. The number of nitrogens with zero attached hydrogens (tertiary/aromatic N) is 1. The van der Waals surface area contributed by atoms with Crippen LogP contribution >= 0.6 is 0 Å². The normalized spacial score (nSPS) is 14.3. The van der Waals surface area contributed by atoms with Gasteiger partial charge in [-0.3, -0.25) is 0 Å². The molecule has 254 valence electrons. The van der Waals surface area contributed by atoms with E-state index in [-0.39, 0.29) is 10.8 Å². The molecule has 0 unspecified atom stereocenters. The van der Waals surface area contributed by atoms with Crippen LogP contribution in [0.5, 0.6) is 0 Å². The molecule has 8 aromatic rings. The van der Waals surface area contributed by atoms with Crippen molar-refractivity contribution in [1.82, 2.24) is 0 Å². The van der Waals surface area contributed by atoms with Gasteiger partial charge in [-0.2, -0.15) is 0 Å². The summed E-state index contributed by atoms with van der Waals surface area (Å²) in [4.78, 5) is 2.43. The molecule has 0 radical (unpaired) electrons. The van der Waals surface area contributed by atoms with Gasteiger partial charge in [0, 0.05) is 27.9 Å². The molecule has 1 heteroatoms. The summed E-state index contributed by atoms with van der Waals surface area (Å²) in [5.41, 5.74) is 19.1. The molecular formula is C52H41N. The maximum atomic E-state index is 2.43. The molecule has 0 saturated heterocycles. The van der Waals surface area contributed by atoms with Crippen LogP contribution in [0.25, 0.3) is 55.3 Å². The largest absolute Gasteiger partial charge is 0.310 e. The monoisotopic (exact) mass is 679 g/mol. The number of anilines is 3. The minimum Gasteiger partial charge on any atom is -0.310 e. The van der Waals surface area contributed by atoms with Crippen molar-refractivity contribution in [1.29, 1.82) is 0 Å². The highest BCUT2D eigenvalue weighted by atomic mass is 15.1. The molecule has 0 fully saturated rings. The van der Waals surface area contributed by atoms with Gasteiger partial charge in [-0.05, 0) is 120 Å². The third-order valence-electron chi connectivity index (χ3n) is 12.0. The lowest BCUT2D eigenvalue weighted by Gasteiger charge is -2.29. The molecule has 0 spiro atoms. The smallest absolute Gasteiger partial charge is 0.0467 e. The fraction of sp³-hybridized carbons (Fsp3) is 0.115. The van der Waals surface area contributed by atoms with Crippen LogP contribution in [0.2, 0.25) is 0 Å². The van der Waals surface area contributed by atoms with E-state index in [1.54, 1.807) is 0 Å². The van der Waals surface area contributed by atoms with Gasteiger partial charge in [-0.25, -0.2) is 0 Å². The molecule has 2 aliphatic rings. The first-order valence-corrected chi connectivity index (χ1v) is 18.8. The summed E-state index contributed by atoms with van der Waals surface area (Å²) in [7, 11) is 0. The molecule has 2 aliphatic carbocycles. The summed E-state index contributed by atoms with van der Waals surface area (Å²) in [6, 6.07) is 65.2. The molecule has 53 heavy (non-hydrogen) atoms. The number of hydrogen-bond acceptors (Lipinski definition) is 1. The summed E-state index contributed by atoms with van der Waals surface area (Å²) in [5, 5.41) is 2.58. The SMILES string of the molecule is CC1(C)c2ccccc2-c2ccc(N(c3ccc(-c4c5c(cc6ccccc46)C(C)(C)c4ccccc4-5)cc3)c3cccc(-c4ccccc4)c3)cc21. The third-order valence-corrected chi connectivity index (χ3v) is 12.0. The van der Waals surface area contributed by atoms with Crippen molar-refractivity contribution in [3.05, 3.63) is 198 Å². The van der Waals surface area contributed by atoms with Gasteiger partial charge in [0.25, 0.3) is 0 Å². The van der Waals surface area contributed by atoms with Crippen LogP contribution in [0.15, 0.2) is 176 Å². The van der Waals surface area contributed by atoms with Crippen molar-refractivity contribution in [2.75, 3.05) is 4.90 Å². The molecule has 0 saturated carbocycles. The average molecular weight is 680 g/mol. The zero-order valence-electron chi connectivity index (χ0n) is 30.7. The van der Waals surface area contributed by atoms with Crippen LogP contribution in [0.4, 0.5) is 17.1 Å². The number of hydrogen-bond donors (Lipinski definition) is 0. The average Bonchev–Trinajstić information content (AvgIpc) is 3.57. The first kappa shape index (κ1) is 31.5. The van der Waals surface area contributed by atoms with Crippen LogP contribution in [-0.4, -0.2) is 0 Å². The zero-order valence-corrected chi connectivity index (χ0v) is 30.7. The van der Waals surface area contributed by atoms with Crippen molar-refractivity contribution in [2.24, 2.45) is 0 Å². The van der Waals surface area contributed by atoms with Crippen LogP contribution in [0, 0.1) is 0 Å². The lowest BCUT2D eigenvalue weighted by Crippen LogP contribution is -2.16. The Balaban J connectivity index is 1.16. The van der Waals surface area contributed by atoms with Crippen molar-refractivity contribution >= 4 is 27.8 Å². The zero-order chi connectivity index (χ0) is 35.9. The lowest BCUT2D eigenvalue weighted by atomic mass is 9.80. The number of fused-ring (bicyclic) bond motifs is 7. The summed E-state index contributed by atoms with van der Waals surface area (Å²) in [6.07, 6.45) is 0. The van der Waals surface area contributed by atoms with E-state index in [1.807, 2.05) is 0 Å². The summed E-state index contributed by atoms with van der Waals surface area (Å²) in [5.74, 6) is 0. The Morgan fingerprint density at radius 3 is 1.72 bits per heavy atom. The first-order chi connectivity index (χ1) is 25.8. The quantitative estimate of drug-likeness (QED) is 0.175. The maximum Gasteiger partial charge on any atom is 0.0467 e. The molecule has 0 aromatic heterocycles. The van der Waals surface area contributed by atoms with E-state index >= 15 is 0 Å². The highest BCUT2D eigenvalue weighted by molar-refractivity contribution is 6.08. The Hall–Kier alpha value is -6.18. The standard InChI is InChI=1S/C52H41N/c1-51(2)45-23-12-10-21-42(45)43-30-29-40(33-47(43)51)53(39-19-14-18-36(31-39)34-15-6-5-7-16-34)38-27-25-35(26-28-38)49-41-20-9-8-17-37(41)32-48-50(49)44-22-11-13-24-46(44)52(48,3)4/h5-33H,1-4H3. The molecule has 1 nitrogen and oxygen atoms in total. The molecular weight excluding hydrogens is 639 g/mol. The summed E-state index contributed by atoms with van der Waals surface area (Å²) in [6.45, 7) is 9.46. The second-order valence-electron chi connectivity index (χ2n) is 15.8. The molecule has 0 N–H and O–H groups in total. The van der Waals surface area contributed by atoms with Crippen LogP contribution < -0.4 is 4.90 Å². The summed E-state index contributed by atoms with van der Waals surface area (Å²) >= 11 is 0. The first-order valence-electron chi connectivity index (χ1n) is 18.8. The summed E-state index contributed by atoms with van der Waals surface area (Å²) < 4.78 is 0. The predicted octanol–water partition coefficient (Wildman–Crippen LogP) is 14.3. The van der Waals surface area contributed by atoms with Crippen molar-refractivity contribution in [3.8, 4) is 44.5 Å². The van der Waals surface area contributed by atoms with Gasteiger partial charge in [0.2, 0.25) is 0 Å². The number of benzene rings is 8. The Morgan fingerprint density at radius 1 is 0.340 bits per heavy atom. The van der Waals surface area contributed by atoms with E-state index in [1.165, 1.54) is 77.5 Å². The van der Waals surface area contributed by atoms with E-state index in [9.17, 15) is 0 Å². The molecule has 0 amide bonds. The molecule has 0 aliphatic heterocycles. The van der Waals surface area contributed by atoms with Crippen LogP contribution in [-0.2, 0) is 10.8 Å². The van der Waals surface area contributed by atoms with E-state index in [0.29, 0.717) is 0 Å². The van der Waals surface area contributed by atoms with Gasteiger partial charge in [0.1, 0.15) is 0 Å². The second-order valence-corrected chi connectivity index (χ2v) is 15.8. The molecule has 10 rings (SSSR count). The fourth-order valence-corrected chi connectivity index (χ4v) is 9.32. The van der Waals surface area contributed by atoms with Gasteiger partial charge in [-0.1, -0.05) is 161 Å². The molecule has 0 atom stereocenters. The number of rotatable bonds is 5. The van der Waals surface area contributed by atoms with Gasteiger partial charge in [0.15, 0.2) is 0 Å². The predicted molar refractivity (Wildman–Crippen MR) is 225 cm³/mol. The van der Waals surface area contributed by atoms with Gasteiger partial charge >= 0.3 is 0 Å².